The van der Waals surface area contributed by atoms with E-state index in [-0.39, 0.29) is 17.1 Å². The van der Waals surface area contributed by atoms with Gasteiger partial charge in [-0.1, -0.05) is 11.6 Å². The molecule has 1 heterocycles. The van der Waals surface area contributed by atoms with E-state index < -0.39 is 29.8 Å². The molecule has 1 aliphatic rings. The van der Waals surface area contributed by atoms with Gasteiger partial charge in [-0.2, -0.15) is 0 Å². The Labute approximate surface area is 102 Å². The average molecular weight is 256 g/mol. The Morgan fingerprint density at radius 2 is 2.17 bits per heavy atom. The summed E-state index contributed by atoms with van der Waals surface area (Å²) < 4.78 is 0. The molecule has 0 radical (unpaired) electrons. The van der Waals surface area contributed by atoms with Crippen molar-refractivity contribution < 1.29 is 29.1 Å². The van der Waals surface area contributed by atoms with Crippen molar-refractivity contribution in [1.29, 1.82) is 0 Å². The number of rotatable bonds is 4. The molecule has 0 bridgehead atoms. The van der Waals surface area contributed by atoms with Gasteiger partial charge in [0.2, 0.25) is 5.91 Å². The van der Waals surface area contributed by atoms with Crippen molar-refractivity contribution >= 4 is 23.9 Å². The van der Waals surface area contributed by atoms with Crippen LogP contribution in [0.4, 0.5) is 4.79 Å². The van der Waals surface area contributed by atoms with E-state index in [1.165, 1.54) is 0 Å². The maximum atomic E-state index is 11.7. The lowest BCUT2D eigenvalue weighted by Gasteiger charge is -2.12. The highest BCUT2D eigenvalue weighted by atomic mass is 16.8. The van der Waals surface area contributed by atoms with Crippen LogP contribution in [0.15, 0.2) is 12.2 Å². The quantitative estimate of drug-likeness (QED) is 0.525. The standard InChI is InChI=1S/C10H12N2O6/c1-3-11-8(14)5(2)6-4-7(13)12(9(6)15)18-10(16)17/h6H,2-4H2,1H3,(H,11,14)(H,16,17). The van der Waals surface area contributed by atoms with Gasteiger partial charge in [-0.15, -0.1) is 0 Å². The van der Waals surface area contributed by atoms with E-state index in [2.05, 4.69) is 16.7 Å². The van der Waals surface area contributed by atoms with Crippen LogP contribution < -0.4 is 5.32 Å². The fraction of sp³-hybridized carbons (Fsp3) is 0.400. The average Bonchev–Trinajstić information content (AvgIpc) is 2.56. The lowest BCUT2D eigenvalue weighted by Crippen LogP contribution is -2.35. The second-order valence-electron chi connectivity index (χ2n) is 3.52. The first-order valence-corrected chi connectivity index (χ1v) is 5.13. The van der Waals surface area contributed by atoms with Gasteiger partial charge in [-0.05, 0) is 6.92 Å². The van der Waals surface area contributed by atoms with Crippen LogP contribution in [0.2, 0.25) is 0 Å². The Bertz CT molecular complexity index is 430. The lowest BCUT2D eigenvalue weighted by molar-refractivity contribution is -0.176. The first kappa shape index (κ1) is 13.7. The van der Waals surface area contributed by atoms with Crippen molar-refractivity contribution in [2.45, 2.75) is 13.3 Å². The molecule has 98 valence electrons. The molecule has 8 nitrogen and oxygen atoms in total. The fourth-order valence-corrected chi connectivity index (χ4v) is 1.49. The minimum atomic E-state index is -1.78. The summed E-state index contributed by atoms with van der Waals surface area (Å²) in [4.78, 5) is 48.8. The molecule has 1 saturated heterocycles. The minimum Gasteiger partial charge on any atom is -0.448 e. The topological polar surface area (TPSA) is 113 Å². The Kier molecular flexibility index (Phi) is 4.03. The van der Waals surface area contributed by atoms with Gasteiger partial charge in [-0.3, -0.25) is 19.2 Å². The molecule has 0 aromatic heterocycles. The number of imide groups is 1. The normalized spacial score (nSPS) is 18.7. The number of likely N-dealkylation sites (N-methyl/N-ethyl adjacent to an activating group) is 1. The number of hydroxylamine groups is 2. The van der Waals surface area contributed by atoms with Gasteiger partial charge in [0, 0.05) is 18.5 Å². The summed E-state index contributed by atoms with van der Waals surface area (Å²) in [6.07, 6.45) is -2.11. The third-order valence-corrected chi connectivity index (χ3v) is 2.32. The van der Waals surface area contributed by atoms with Crippen molar-refractivity contribution in [2.75, 3.05) is 6.54 Å². The van der Waals surface area contributed by atoms with Crippen LogP contribution in [0.1, 0.15) is 13.3 Å². The molecule has 3 amide bonds. The molecule has 0 aromatic rings. The predicted octanol–water partition coefficient (Wildman–Crippen LogP) is -0.337. The summed E-state index contributed by atoms with van der Waals surface area (Å²) >= 11 is 0. The van der Waals surface area contributed by atoms with Gasteiger partial charge in [0.15, 0.2) is 0 Å². The first-order valence-electron chi connectivity index (χ1n) is 5.13. The maximum absolute atomic E-state index is 11.7. The zero-order valence-corrected chi connectivity index (χ0v) is 9.63. The number of nitrogens with one attached hydrogen (secondary N) is 1. The Morgan fingerprint density at radius 1 is 1.56 bits per heavy atom. The smallest absolute Gasteiger partial charge is 0.448 e. The highest BCUT2D eigenvalue weighted by molar-refractivity contribution is 6.09. The van der Waals surface area contributed by atoms with Gasteiger partial charge in [0.25, 0.3) is 11.8 Å². The van der Waals surface area contributed by atoms with E-state index in [1.807, 2.05) is 0 Å². The van der Waals surface area contributed by atoms with Gasteiger partial charge >= 0.3 is 6.16 Å². The summed E-state index contributed by atoms with van der Waals surface area (Å²) in [5, 5.41) is 10.9. The molecule has 8 heteroatoms. The van der Waals surface area contributed by atoms with Gasteiger partial charge in [-0.25, -0.2) is 4.79 Å². The second-order valence-corrected chi connectivity index (χ2v) is 3.52. The van der Waals surface area contributed by atoms with Crippen molar-refractivity contribution in [2.24, 2.45) is 5.92 Å². The second kappa shape index (κ2) is 5.30. The van der Waals surface area contributed by atoms with Crippen LogP contribution in [0.25, 0.3) is 0 Å². The maximum Gasteiger partial charge on any atom is 0.531 e. The number of carbonyl (C=O) groups is 4. The minimum absolute atomic E-state index is 0.0910. The molecule has 0 aliphatic carbocycles. The van der Waals surface area contributed by atoms with E-state index in [9.17, 15) is 19.2 Å². The van der Waals surface area contributed by atoms with E-state index in [0.29, 0.717) is 6.54 Å². The van der Waals surface area contributed by atoms with Crippen molar-refractivity contribution in [3.05, 3.63) is 12.2 Å². The molecule has 0 saturated carbocycles. The van der Waals surface area contributed by atoms with E-state index in [1.54, 1.807) is 6.92 Å². The van der Waals surface area contributed by atoms with Gasteiger partial charge < -0.3 is 10.4 Å². The number of hydrogen-bond acceptors (Lipinski definition) is 5. The Morgan fingerprint density at radius 3 is 2.67 bits per heavy atom. The fourth-order valence-electron chi connectivity index (χ4n) is 1.49. The summed E-state index contributed by atoms with van der Waals surface area (Å²) in [5.74, 6) is -3.36. The predicted molar refractivity (Wildman–Crippen MR) is 56.9 cm³/mol. The van der Waals surface area contributed by atoms with Gasteiger partial charge in [0.1, 0.15) is 0 Å². The van der Waals surface area contributed by atoms with Crippen molar-refractivity contribution in [1.82, 2.24) is 10.4 Å². The Balaban J connectivity index is 2.79. The van der Waals surface area contributed by atoms with Crippen LogP contribution in [0, 0.1) is 5.92 Å². The molecule has 1 fully saturated rings. The summed E-state index contributed by atoms with van der Waals surface area (Å²) in [7, 11) is 0. The molecule has 0 aromatic carbocycles. The highest BCUT2D eigenvalue weighted by Crippen LogP contribution is 2.25. The highest BCUT2D eigenvalue weighted by Gasteiger charge is 2.44. The molecule has 1 aliphatic heterocycles. The molecule has 1 rings (SSSR count). The number of hydrogen-bond donors (Lipinski definition) is 2. The number of nitrogens with zero attached hydrogens (tertiary/aromatic N) is 1. The SMILES string of the molecule is C=C(C(=O)NCC)C1CC(=O)N(OC(=O)O)C1=O. The van der Waals surface area contributed by atoms with Crippen LogP contribution in [0.5, 0.6) is 0 Å². The lowest BCUT2D eigenvalue weighted by atomic mass is 9.98. The van der Waals surface area contributed by atoms with Crippen LogP contribution in [-0.4, -0.2) is 40.6 Å². The molecule has 2 N–H and O–H groups in total. The molecule has 18 heavy (non-hydrogen) atoms. The van der Waals surface area contributed by atoms with Crippen molar-refractivity contribution in [3.63, 3.8) is 0 Å². The summed E-state index contributed by atoms with van der Waals surface area (Å²) in [6, 6.07) is 0. The monoisotopic (exact) mass is 256 g/mol. The summed E-state index contributed by atoms with van der Waals surface area (Å²) in [6.45, 7) is 5.48. The molecule has 1 atom stereocenters. The molecule has 1 unspecified atom stereocenters. The van der Waals surface area contributed by atoms with Crippen molar-refractivity contribution in [3.8, 4) is 0 Å². The summed E-state index contributed by atoms with van der Waals surface area (Å²) in [5.41, 5.74) is -0.0910. The van der Waals surface area contributed by atoms with Gasteiger partial charge in [0.05, 0.1) is 5.92 Å². The largest absolute Gasteiger partial charge is 0.531 e. The number of amides is 3. The molecule has 0 spiro atoms. The van der Waals surface area contributed by atoms with Crippen LogP contribution >= 0.6 is 0 Å². The third kappa shape index (κ3) is 2.65. The first-order chi connectivity index (χ1) is 8.38. The van der Waals surface area contributed by atoms with Crippen LogP contribution in [-0.2, 0) is 19.2 Å². The van der Waals surface area contributed by atoms with E-state index in [4.69, 9.17) is 5.11 Å². The molecular weight excluding hydrogens is 244 g/mol. The molecular formula is C10H12N2O6. The number of carbonyl (C=O) groups excluding carboxylic acids is 3. The van der Waals surface area contributed by atoms with E-state index in [0.717, 1.165) is 0 Å². The zero-order chi connectivity index (χ0) is 13.9. The number of carboxylic acid groups (broad SMARTS) is 1. The third-order valence-electron chi connectivity index (χ3n) is 2.32. The van der Waals surface area contributed by atoms with E-state index >= 15 is 0 Å². The Hall–Kier alpha value is -2.38. The van der Waals surface area contributed by atoms with Crippen LogP contribution in [0.3, 0.4) is 0 Å². The zero-order valence-electron chi connectivity index (χ0n) is 9.63.